The Bertz CT molecular complexity index is 279. The zero-order valence-electron chi connectivity index (χ0n) is 8.17. The maximum atomic E-state index is 5.71. The highest BCUT2D eigenvalue weighted by Gasteiger charge is 2.24. The Kier molecular flexibility index (Phi) is 2.09. The number of nitrogens with zero attached hydrogens (tertiary/aromatic N) is 2. The minimum Gasteiger partial charge on any atom is -0.325 e. The Labute approximate surface area is 78.1 Å². The molecule has 4 heteroatoms. The third-order valence-electron chi connectivity index (χ3n) is 2.65. The third kappa shape index (κ3) is 1.59. The van der Waals surface area contributed by atoms with Crippen molar-refractivity contribution in [1.29, 1.82) is 0 Å². The molecule has 1 aromatic rings. The highest BCUT2D eigenvalue weighted by molar-refractivity contribution is 5.23. The van der Waals surface area contributed by atoms with Crippen LogP contribution in [0.5, 0.6) is 0 Å². The number of aryl methyl sites for hydroxylation is 2. The van der Waals surface area contributed by atoms with Crippen LogP contribution in [0.2, 0.25) is 0 Å². The summed E-state index contributed by atoms with van der Waals surface area (Å²) in [6.45, 7) is 7.13. The van der Waals surface area contributed by atoms with E-state index in [2.05, 4.69) is 22.0 Å². The zero-order valence-corrected chi connectivity index (χ0v) is 8.17. The molecule has 1 saturated heterocycles. The van der Waals surface area contributed by atoms with Crippen LogP contribution < -0.4 is 5.73 Å². The van der Waals surface area contributed by atoms with Gasteiger partial charge < -0.3 is 5.73 Å². The van der Waals surface area contributed by atoms with Crippen LogP contribution in [0.4, 0.5) is 0 Å². The summed E-state index contributed by atoms with van der Waals surface area (Å²) in [6.07, 6.45) is 0. The predicted octanol–water partition coefficient (Wildman–Crippen LogP) is 0.169. The molecule has 1 aliphatic rings. The standard InChI is InChI=1S/C9H16N4/c1-6-9(7(2)12-11-6)5-13-3-8(10)4-13/h8H,3-5,10H2,1-2H3,(H,11,12). The molecule has 3 N–H and O–H groups in total. The van der Waals surface area contributed by atoms with Crippen molar-refractivity contribution in [3.8, 4) is 0 Å². The van der Waals surface area contributed by atoms with E-state index >= 15 is 0 Å². The van der Waals surface area contributed by atoms with Gasteiger partial charge in [-0.1, -0.05) is 0 Å². The van der Waals surface area contributed by atoms with Crippen molar-refractivity contribution in [3.05, 3.63) is 17.0 Å². The summed E-state index contributed by atoms with van der Waals surface area (Å²) in [5.74, 6) is 0. The lowest BCUT2D eigenvalue weighted by Gasteiger charge is -2.36. The summed E-state index contributed by atoms with van der Waals surface area (Å²) in [5, 5.41) is 7.16. The fraction of sp³-hybridized carbons (Fsp3) is 0.667. The van der Waals surface area contributed by atoms with Crippen molar-refractivity contribution in [1.82, 2.24) is 15.1 Å². The molecule has 2 heterocycles. The average Bonchev–Trinajstić information content (AvgIpc) is 2.32. The van der Waals surface area contributed by atoms with Gasteiger partial charge in [-0.25, -0.2) is 0 Å². The molecule has 4 nitrogen and oxygen atoms in total. The minimum atomic E-state index is 0.382. The lowest BCUT2D eigenvalue weighted by molar-refractivity contribution is 0.142. The fourth-order valence-electron chi connectivity index (χ4n) is 1.77. The van der Waals surface area contributed by atoms with Gasteiger partial charge in [0.05, 0.1) is 5.69 Å². The molecule has 13 heavy (non-hydrogen) atoms. The first-order chi connectivity index (χ1) is 6.16. The Balaban J connectivity index is 2.01. The lowest BCUT2D eigenvalue weighted by atomic mass is 10.1. The van der Waals surface area contributed by atoms with E-state index in [1.54, 1.807) is 0 Å². The van der Waals surface area contributed by atoms with Gasteiger partial charge in [-0.3, -0.25) is 10.00 Å². The molecule has 0 amide bonds. The van der Waals surface area contributed by atoms with Gasteiger partial charge in [-0.05, 0) is 13.8 Å². The van der Waals surface area contributed by atoms with Crippen molar-refractivity contribution in [2.24, 2.45) is 5.73 Å². The Morgan fingerprint density at radius 2 is 2.23 bits per heavy atom. The van der Waals surface area contributed by atoms with E-state index in [9.17, 15) is 0 Å². The van der Waals surface area contributed by atoms with Gasteiger partial charge in [0.15, 0.2) is 0 Å². The summed E-state index contributed by atoms with van der Waals surface area (Å²) < 4.78 is 0. The van der Waals surface area contributed by atoms with Crippen molar-refractivity contribution < 1.29 is 0 Å². The smallest absolute Gasteiger partial charge is 0.0639 e. The lowest BCUT2D eigenvalue weighted by Crippen LogP contribution is -2.54. The molecule has 0 spiro atoms. The maximum Gasteiger partial charge on any atom is 0.0639 e. The number of hydrogen-bond donors (Lipinski definition) is 2. The minimum absolute atomic E-state index is 0.382. The summed E-state index contributed by atoms with van der Waals surface area (Å²) in [4.78, 5) is 2.34. The first-order valence-electron chi connectivity index (χ1n) is 4.65. The zero-order chi connectivity index (χ0) is 9.42. The second-order valence-corrected chi connectivity index (χ2v) is 3.87. The number of likely N-dealkylation sites (tertiary alicyclic amines) is 1. The number of aromatic nitrogens is 2. The molecular weight excluding hydrogens is 164 g/mol. The molecule has 0 aromatic carbocycles. The van der Waals surface area contributed by atoms with Crippen LogP contribution in [0.25, 0.3) is 0 Å². The molecule has 0 aliphatic carbocycles. The molecule has 0 atom stereocenters. The van der Waals surface area contributed by atoms with Gasteiger partial charge >= 0.3 is 0 Å². The van der Waals surface area contributed by atoms with Crippen molar-refractivity contribution in [3.63, 3.8) is 0 Å². The van der Waals surface area contributed by atoms with Gasteiger partial charge in [0.25, 0.3) is 0 Å². The van der Waals surface area contributed by atoms with E-state index in [-0.39, 0.29) is 0 Å². The van der Waals surface area contributed by atoms with Crippen molar-refractivity contribution >= 4 is 0 Å². The summed E-state index contributed by atoms with van der Waals surface area (Å²) in [5.41, 5.74) is 9.32. The molecule has 1 aliphatic heterocycles. The normalized spacial score (nSPS) is 19.0. The number of nitrogens with one attached hydrogen (secondary N) is 1. The van der Waals surface area contributed by atoms with E-state index in [1.807, 2.05) is 6.92 Å². The quantitative estimate of drug-likeness (QED) is 0.682. The van der Waals surface area contributed by atoms with Crippen LogP contribution >= 0.6 is 0 Å². The van der Waals surface area contributed by atoms with Crippen LogP contribution in [0.1, 0.15) is 17.0 Å². The van der Waals surface area contributed by atoms with Gasteiger partial charge in [-0.15, -0.1) is 0 Å². The third-order valence-corrected chi connectivity index (χ3v) is 2.65. The van der Waals surface area contributed by atoms with E-state index in [0.29, 0.717) is 6.04 Å². The number of aromatic amines is 1. The average molecular weight is 180 g/mol. The maximum absolute atomic E-state index is 5.71. The predicted molar refractivity (Wildman–Crippen MR) is 51.3 cm³/mol. The van der Waals surface area contributed by atoms with Gasteiger partial charge in [0, 0.05) is 36.9 Å². The fourth-order valence-corrected chi connectivity index (χ4v) is 1.77. The van der Waals surface area contributed by atoms with Gasteiger partial charge in [-0.2, -0.15) is 5.10 Å². The summed E-state index contributed by atoms with van der Waals surface area (Å²) in [6, 6.07) is 0.382. The van der Waals surface area contributed by atoms with Crippen LogP contribution in [-0.4, -0.2) is 34.2 Å². The number of rotatable bonds is 2. The molecule has 0 saturated carbocycles. The topological polar surface area (TPSA) is 57.9 Å². The Morgan fingerprint density at radius 1 is 1.54 bits per heavy atom. The molecule has 72 valence electrons. The highest BCUT2D eigenvalue weighted by atomic mass is 15.2. The molecule has 0 unspecified atom stereocenters. The van der Waals surface area contributed by atoms with Crippen LogP contribution in [0.3, 0.4) is 0 Å². The Morgan fingerprint density at radius 3 is 2.69 bits per heavy atom. The Hall–Kier alpha value is -0.870. The summed E-state index contributed by atoms with van der Waals surface area (Å²) >= 11 is 0. The van der Waals surface area contributed by atoms with E-state index in [0.717, 1.165) is 25.3 Å². The first kappa shape index (κ1) is 8.72. The molecule has 1 aromatic heterocycles. The number of H-pyrrole nitrogens is 1. The largest absolute Gasteiger partial charge is 0.325 e. The molecular formula is C9H16N4. The SMILES string of the molecule is Cc1n[nH]c(C)c1CN1CC(N)C1. The summed E-state index contributed by atoms with van der Waals surface area (Å²) in [7, 11) is 0. The van der Waals surface area contributed by atoms with E-state index < -0.39 is 0 Å². The highest BCUT2D eigenvalue weighted by Crippen LogP contribution is 2.16. The first-order valence-corrected chi connectivity index (χ1v) is 4.65. The van der Waals surface area contributed by atoms with Crippen LogP contribution in [-0.2, 0) is 6.54 Å². The van der Waals surface area contributed by atoms with Crippen molar-refractivity contribution in [2.75, 3.05) is 13.1 Å². The van der Waals surface area contributed by atoms with Gasteiger partial charge in [0.1, 0.15) is 0 Å². The second kappa shape index (κ2) is 3.12. The molecule has 0 bridgehead atoms. The molecule has 2 rings (SSSR count). The van der Waals surface area contributed by atoms with Gasteiger partial charge in [0.2, 0.25) is 0 Å². The second-order valence-electron chi connectivity index (χ2n) is 3.87. The monoisotopic (exact) mass is 180 g/mol. The van der Waals surface area contributed by atoms with Crippen LogP contribution in [0.15, 0.2) is 0 Å². The van der Waals surface area contributed by atoms with E-state index in [4.69, 9.17) is 5.73 Å². The molecule has 1 fully saturated rings. The molecule has 0 radical (unpaired) electrons. The van der Waals surface area contributed by atoms with Crippen LogP contribution in [0, 0.1) is 13.8 Å². The number of hydrogen-bond acceptors (Lipinski definition) is 3. The van der Waals surface area contributed by atoms with Crippen molar-refractivity contribution in [2.45, 2.75) is 26.4 Å². The number of nitrogens with two attached hydrogens (primary N) is 1. The van der Waals surface area contributed by atoms with E-state index in [1.165, 1.54) is 11.3 Å².